The van der Waals surface area contributed by atoms with Crippen molar-refractivity contribution in [2.75, 3.05) is 13.2 Å². The first-order valence-electron chi connectivity index (χ1n) is 23.2. The summed E-state index contributed by atoms with van der Waals surface area (Å²) in [6.07, 6.45) is -9.87. The van der Waals surface area contributed by atoms with Gasteiger partial charge in [0.25, 0.3) is 0 Å². The Hall–Kier alpha value is -1.35. The normalized spacial score (nSPS) is 55.1. The molecule has 8 N–H and O–H groups in total. The molecule has 0 bridgehead atoms. The fourth-order valence-electron chi connectivity index (χ4n) is 14.7. The number of hydrogen-bond acceptors (Lipinski definition) is 16. The average molecular weight is 883 g/mol. The maximum Gasteiger partial charge on any atom is 0.339 e. The standard InChI is InChI=1S/C46H74O16/c1-21(2)17-23-18-46(55,41(54)59-23)25-11-15-44(7)24(25)9-10-29-43(6)14-13-30(42(4,5)28(43)12-16-45(29,44)8)60-40-37(62-39-35(53)33(51)31(49)22(3)58-39)36(27(48)20-57-40)61-38-34(52)32(50)26(47)19-56-38/h17,22-40,47-53,55H,9-16,18-20H2,1-8H3/t22-,23-,24+,25-,26+,27-,28-,29+,30-,31-,32-,33+,34+,35+,36-,37+,38-,39-,40-,43-,44+,45+,46-/m0/s1. The highest BCUT2D eigenvalue weighted by Crippen LogP contribution is 2.76. The van der Waals surface area contributed by atoms with Gasteiger partial charge < -0.3 is 74.0 Å². The summed E-state index contributed by atoms with van der Waals surface area (Å²) < 4.78 is 42.7. The summed E-state index contributed by atoms with van der Waals surface area (Å²) in [5, 5.41) is 86.8. The van der Waals surface area contributed by atoms with Crippen LogP contribution in [0.15, 0.2) is 11.6 Å². The van der Waals surface area contributed by atoms with Crippen LogP contribution in [0.4, 0.5) is 0 Å². The van der Waals surface area contributed by atoms with Crippen molar-refractivity contribution in [1.29, 1.82) is 0 Å². The molecule has 8 fully saturated rings. The van der Waals surface area contributed by atoms with Crippen molar-refractivity contribution >= 4 is 5.97 Å². The molecule has 4 saturated heterocycles. The zero-order chi connectivity index (χ0) is 45.1. The minimum Gasteiger partial charge on any atom is -0.456 e. The summed E-state index contributed by atoms with van der Waals surface area (Å²) in [6, 6.07) is 0. The molecule has 8 aliphatic rings. The molecule has 0 aromatic rings. The highest BCUT2D eigenvalue weighted by molar-refractivity contribution is 5.82. The number of aliphatic hydroxyl groups is 8. The molecule has 16 heteroatoms. The van der Waals surface area contributed by atoms with Crippen molar-refractivity contribution < 1.29 is 78.8 Å². The second kappa shape index (κ2) is 16.8. The quantitative estimate of drug-likeness (QED) is 0.0985. The zero-order valence-corrected chi connectivity index (χ0v) is 37.7. The van der Waals surface area contributed by atoms with E-state index in [1.54, 1.807) is 0 Å². The molecule has 8 rings (SSSR count). The van der Waals surface area contributed by atoms with Gasteiger partial charge >= 0.3 is 5.97 Å². The second-order valence-electron chi connectivity index (χ2n) is 22.0. The monoisotopic (exact) mass is 882 g/mol. The van der Waals surface area contributed by atoms with Crippen LogP contribution in [0.2, 0.25) is 0 Å². The third-order valence-corrected chi connectivity index (χ3v) is 18.1. The molecule has 354 valence electrons. The Morgan fingerprint density at radius 3 is 2.02 bits per heavy atom. The number of rotatable bonds is 8. The van der Waals surface area contributed by atoms with Crippen molar-refractivity contribution in [2.45, 2.75) is 211 Å². The van der Waals surface area contributed by atoms with Gasteiger partial charge in [-0.2, -0.15) is 0 Å². The predicted molar refractivity (Wildman–Crippen MR) is 218 cm³/mol. The summed E-state index contributed by atoms with van der Waals surface area (Å²) in [7, 11) is 0. The van der Waals surface area contributed by atoms with Crippen LogP contribution in [0.3, 0.4) is 0 Å². The van der Waals surface area contributed by atoms with Crippen LogP contribution >= 0.6 is 0 Å². The molecule has 16 nitrogen and oxygen atoms in total. The lowest BCUT2D eigenvalue weighted by molar-refractivity contribution is -0.383. The van der Waals surface area contributed by atoms with Gasteiger partial charge in [0.1, 0.15) is 61.0 Å². The Labute approximate surface area is 365 Å². The maximum absolute atomic E-state index is 13.4. The number of ether oxygens (including phenoxy) is 7. The fraction of sp³-hybridized carbons (Fsp3) is 0.935. The van der Waals surface area contributed by atoms with E-state index in [2.05, 4.69) is 34.6 Å². The van der Waals surface area contributed by atoms with E-state index in [0.29, 0.717) is 18.8 Å². The molecular weight excluding hydrogens is 808 g/mol. The third kappa shape index (κ3) is 7.46. The highest BCUT2D eigenvalue weighted by Gasteiger charge is 2.71. The Kier molecular flexibility index (Phi) is 12.7. The maximum atomic E-state index is 13.4. The van der Waals surface area contributed by atoms with E-state index in [4.69, 9.17) is 33.2 Å². The highest BCUT2D eigenvalue weighted by atomic mass is 16.8. The molecule has 0 amide bonds. The number of carbonyl (C=O) groups excluding carboxylic acids is 1. The molecule has 0 radical (unpaired) electrons. The first kappa shape index (κ1) is 47.2. The van der Waals surface area contributed by atoms with Crippen LogP contribution in [0.5, 0.6) is 0 Å². The number of fused-ring (bicyclic) bond motifs is 5. The van der Waals surface area contributed by atoms with Crippen molar-refractivity contribution in [1.82, 2.24) is 0 Å². The number of carbonyl (C=O) groups is 1. The Bertz CT molecular complexity index is 1670. The first-order chi connectivity index (χ1) is 29.0. The second-order valence-corrected chi connectivity index (χ2v) is 22.0. The van der Waals surface area contributed by atoms with Gasteiger partial charge in [-0.15, -0.1) is 0 Å². The molecule has 4 heterocycles. The molecule has 4 aliphatic heterocycles. The first-order valence-corrected chi connectivity index (χ1v) is 23.2. The molecule has 62 heavy (non-hydrogen) atoms. The van der Waals surface area contributed by atoms with Crippen LogP contribution in [-0.2, 0) is 38.0 Å². The fourth-order valence-corrected chi connectivity index (χ4v) is 14.7. The largest absolute Gasteiger partial charge is 0.456 e. The van der Waals surface area contributed by atoms with Crippen molar-refractivity contribution in [3.8, 4) is 0 Å². The summed E-state index contributed by atoms with van der Waals surface area (Å²) >= 11 is 0. The molecule has 0 aromatic heterocycles. The Morgan fingerprint density at radius 2 is 1.31 bits per heavy atom. The van der Waals surface area contributed by atoms with E-state index >= 15 is 0 Å². The lowest BCUT2D eigenvalue weighted by Crippen LogP contribution is -2.66. The van der Waals surface area contributed by atoms with Crippen molar-refractivity contribution in [3.05, 3.63) is 11.6 Å². The van der Waals surface area contributed by atoms with Crippen LogP contribution < -0.4 is 0 Å². The molecule has 0 unspecified atom stereocenters. The van der Waals surface area contributed by atoms with E-state index in [9.17, 15) is 45.6 Å². The zero-order valence-electron chi connectivity index (χ0n) is 37.7. The molecule has 23 atom stereocenters. The van der Waals surface area contributed by atoms with Crippen LogP contribution in [0.1, 0.15) is 113 Å². The Morgan fingerprint density at radius 1 is 0.661 bits per heavy atom. The SMILES string of the molecule is CC(C)=C[C@H]1C[C@](O)([C@H]2CC[C@]3(C)[C@@H]2CC[C@@H]2[C@@]4(C)CC[C@H](O[C@@H]5OC[C@H](O)[C@H](O[C@@H]6OC[C@@H](O)[C@H](O)[C@H]6O)[C@H]5O[C@@H]5O[C@@H](C)[C@H](O)[C@@H](O)[C@H]5O)C(C)(C)[C@@H]4CC[C@]23C)C(=O)O1. The number of allylic oxidation sites excluding steroid dienone is 1. The van der Waals surface area contributed by atoms with E-state index in [1.165, 1.54) is 6.92 Å². The molecule has 4 aliphatic carbocycles. The molecule has 0 aromatic carbocycles. The van der Waals surface area contributed by atoms with E-state index in [-0.39, 0.29) is 53.3 Å². The van der Waals surface area contributed by atoms with Gasteiger partial charge in [-0.1, -0.05) is 40.2 Å². The van der Waals surface area contributed by atoms with Crippen LogP contribution in [0.25, 0.3) is 0 Å². The number of aliphatic hydroxyl groups excluding tert-OH is 7. The third-order valence-electron chi connectivity index (χ3n) is 18.1. The number of esters is 1. The topological polar surface area (TPSA) is 244 Å². The minimum atomic E-state index is -1.69. The van der Waals surface area contributed by atoms with E-state index in [1.807, 2.05) is 19.9 Å². The van der Waals surface area contributed by atoms with Gasteiger partial charge in [0.05, 0.1) is 25.4 Å². The minimum absolute atomic E-state index is 0.0323. The number of cyclic esters (lactones) is 1. The van der Waals surface area contributed by atoms with Gasteiger partial charge in [-0.3, -0.25) is 0 Å². The molecular formula is C46H74O16. The van der Waals surface area contributed by atoms with Gasteiger partial charge in [0.2, 0.25) is 0 Å². The summed E-state index contributed by atoms with van der Waals surface area (Å²) in [6.45, 7) is 16.7. The Balaban J connectivity index is 1.02. The van der Waals surface area contributed by atoms with Crippen LogP contribution in [0, 0.1) is 45.3 Å². The predicted octanol–water partition coefficient (Wildman–Crippen LogP) is 1.82. The van der Waals surface area contributed by atoms with Gasteiger partial charge in [-0.05, 0) is 118 Å². The van der Waals surface area contributed by atoms with Gasteiger partial charge in [-0.25, -0.2) is 4.79 Å². The van der Waals surface area contributed by atoms with Crippen LogP contribution in [-0.4, -0.2) is 158 Å². The summed E-state index contributed by atoms with van der Waals surface area (Å²) in [4.78, 5) is 13.4. The molecule has 4 saturated carbocycles. The summed E-state index contributed by atoms with van der Waals surface area (Å²) in [5.41, 5.74) is -0.999. The van der Waals surface area contributed by atoms with Crippen molar-refractivity contribution in [2.24, 2.45) is 45.3 Å². The lowest BCUT2D eigenvalue weighted by atomic mass is 9.35. The van der Waals surface area contributed by atoms with E-state index in [0.717, 1.165) is 50.5 Å². The molecule has 0 spiro atoms. The van der Waals surface area contributed by atoms with Crippen molar-refractivity contribution in [3.63, 3.8) is 0 Å². The smallest absolute Gasteiger partial charge is 0.339 e. The average Bonchev–Trinajstić information content (AvgIpc) is 3.71. The summed E-state index contributed by atoms with van der Waals surface area (Å²) in [5.74, 6) is 0.183. The lowest BCUT2D eigenvalue weighted by Gasteiger charge is -2.70. The number of hydrogen-bond donors (Lipinski definition) is 8. The van der Waals surface area contributed by atoms with Gasteiger partial charge in [0, 0.05) is 12.3 Å². The van der Waals surface area contributed by atoms with E-state index < -0.39 is 103 Å². The van der Waals surface area contributed by atoms with Gasteiger partial charge in [0.15, 0.2) is 24.5 Å².